The topological polar surface area (TPSA) is 95.9 Å². The van der Waals surface area contributed by atoms with E-state index in [1.807, 2.05) is 0 Å². The third-order valence-electron chi connectivity index (χ3n) is 3.92. The molecule has 1 aromatic rings. The van der Waals surface area contributed by atoms with Crippen LogP contribution in [-0.2, 0) is 9.59 Å². The Bertz CT molecular complexity index is 643. The number of amides is 2. The number of carbonyl (C=O) groups excluding carboxylic acids is 2. The van der Waals surface area contributed by atoms with E-state index in [2.05, 4.69) is 5.32 Å². The molecular weight excluding hydrogens is 288 g/mol. The maximum atomic E-state index is 12.5. The fraction of sp³-hybridized carbons (Fsp3) is 0.400. The Morgan fingerprint density at radius 3 is 2.95 bits per heavy atom. The number of hydrogen-bond acceptors (Lipinski definition) is 4. The third-order valence-corrected chi connectivity index (χ3v) is 3.92. The maximum absolute atomic E-state index is 12.5. The van der Waals surface area contributed by atoms with Crippen LogP contribution in [-0.4, -0.2) is 47.5 Å². The van der Waals surface area contributed by atoms with Gasteiger partial charge in [-0.15, -0.1) is 0 Å². The highest BCUT2D eigenvalue weighted by Crippen LogP contribution is 2.29. The number of piperidine rings is 1. The molecule has 2 amide bonds. The minimum absolute atomic E-state index is 0.0740. The number of anilines is 1. The molecule has 0 radical (unpaired) electrons. The van der Waals surface area contributed by atoms with Gasteiger partial charge in [-0.2, -0.15) is 0 Å². The largest absolute Gasteiger partial charge is 0.482 e. The Morgan fingerprint density at radius 1 is 1.36 bits per heavy atom. The van der Waals surface area contributed by atoms with Gasteiger partial charge in [-0.25, -0.2) is 0 Å². The van der Waals surface area contributed by atoms with Crippen molar-refractivity contribution in [3.8, 4) is 5.75 Å². The first-order valence-corrected chi connectivity index (χ1v) is 7.13. The number of benzene rings is 1. The Hall–Kier alpha value is -2.57. The van der Waals surface area contributed by atoms with Gasteiger partial charge in [0.05, 0.1) is 11.6 Å². The number of rotatable bonds is 2. The van der Waals surface area contributed by atoms with Crippen molar-refractivity contribution in [3.63, 3.8) is 0 Å². The summed E-state index contributed by atoms with van der Waals surface area (Å²) in [5, 5.41) is 11.8. The first-order valence-electron chi connectivity index (χ1n) is 7.13. The lowest BCUT2D eigenvalue weighted by molar-refractivity contribution is -0.143. The zero-order valence-electron chi connectivity index (χ0n) is 11.9. The van der Waals surface area contributed by atoms with Crippen LogP contribution in [0.3, 0.4) is 0 Å². The Labute approximate surface area is 126 Å². The number of likely N-dealkylation sites (tertiary alicyclic amines) is 1. The molecule has 2 N–H and O–H groups in total. The third kappa shape index (κ3) is 2.74. The molecule has 0 bridgehead atoms. The van der Waals surface area contributed by atoms with Gasteiger partial charge in [-0.05, 0) is 31.0 Å². The van der Waals surface area contributed by atoms with Crippen molar-refractivity contribution in [1.82, 2.24) is 4.90 Å². The minimum atomic E-state index is -0.867. The Balaban J connectivity index is 1.77. The van der Waals surface area contributed by atoms with Crippen molar-refractivity contribution in [2.75, 3.05) is 25.0 Å². The summed E-state index contributed by atoms with van der Waals surface area (Å²) in [5.74, 6) is -1.36. The molecule has 1 atom stereocenters. The molecule has 3 rings (SSSR count). The van der Waals surface area contributed by atoms with Gasteiger partial charge in [0, 0.05) is 18.7 Å². The molecule has 7 nitrogen and oxygen atoms in total. The zero-order valence-corrected chi connectivity index (χ0v) is 11.9. The average molecular weight is 304 g/mol. The quantitative estimate of drug-likeness (QED) is 0.848. The maximum Gasteiger partial charge on any atom is 0.308 e. The van der Waals surface area contributed by atoms with Crippen LogP contribution in [0.2, 0.25) is 0 Å². The van der Waals surface area contributed by atoms with E-state index in [9.17, 15) is 14.4 Å². The van der Waals surface area contributed by atoms with Gasteiger partial charge >= 0.3 is 5.97 Å². The molecule has 2 heterocycles. The van der Waals surface area contributed by atoms with Crippen LogP contribution in [0.15, 0.2) is 18.2 Å². The fourth-order valence-corrected chi connectivity index (χ4v) is 2.75. The van der Waals surface area contributed by atoms with Gasteiger partial charge in [0.15, 0.2) is 6.61 Å². The van der Waals surface area contributed by atoms with Crippen molar-refractivity contribution in [1.29, 1.82) is 0 Å². The van der Waals surface area contributed by atoms with Crippen LogP contribution in [0.25, 0.3) is 0 Å². The van der Waals surface area contributed by atoms with Crippen LogP contribution in [0, 0.1) is 5.92 Å². The number of carbonyl (C=O) groups is 3. The smallest absolute Gasteiger partial charge is 0.308 e. The second kappa shape index (κ2) is 5.67. The summed E-state index contributed by atoms with van der Waals surface area (Å²) in [5.41, 5.74) is 0.968. The van der Waals surface area contributed by atoms with Crippen LogP contribution in [0.1, 0.15) is 23.2 Å². The number of nitrogens with zero attached hydrogens (tertiary/aromatic N) is 1. The van der Waals surface area contributed by atoms with E-state index >= 15 is 0 Å². The molecule has 0 saturated carbocycles. The molecule has 0 aliphatic carbocycles. The number of carboxylic acids is 1. The Kier molecular flexibility index (Phi) is 3.70. The van der Waals surface area contributed by atoms with Crippen molar-refractivity contribution < 1.29 is 24.2 Å². The van der Waals surface area contributed by atoms with Gasteiger partial charge in [0.2, 0.25) is 0 Å². The number of aliphatic carboxylic acids is 1. The van der Waals surface area contributed by atoms with E-state index in [-0.39, 0.29) is 25.0 Å². The molecule has 1 fully saturated rings. The highest BCUT2D eigenvalue weighted by molar-refractivity contribution is 5.99. The molecule has 1 unspecified atom stereocenters. The van der Waals surface area contributed by atoms with Crippen LogP contribution in [0.4, 0.5) is 5.69 Å². The van der Waals surface area contributed by atoms with Gasteiger partial charge in [0.1, 0.15) is 5.75 Å². The molecular formula is C15H16N2O5. The lowest BCUT2D eigenvalue weighted by Crippen LogP contribution is -2.42. The van der Waals surface area contributed by atoms with Crippen molar-refractivity contribution in [3.05, 3.63) is 23.8 Å². The van der Waals surface area contributed by atoms with Gasteiger partial charge < -0.3 is 20.1 Å². The lowest BCUT2D eigenvalue weighted by Gasteiger charge is -2.31. The molecule has 116 valence electrons. The van der Waals surface area contributed by atoms with Crippen LogP contribution >= 0.6 is 0 Å². The molecule has 2 aliphatic heterocycles. The van der Waals surface area contributed by atoms with E-state index in [4.69, 9.17) is 9.84 Å². The molecule has 2 aliphatic rings. The summed E-state index contributed by atoms with van der Waals surface area (Å²) >= 11 is 0. The van der Waals surface area contributed by atoms with Crippen LogP contribution in [0.5, 0.6) is 5.75 Å². The summed E-state index contributed by atoms with van der Waals surface area (Å²) in [7, 11) is 0. The number of ether oxygens (including phenoxy) is 1. The molecule has 22 heavy (non-hydrogen) atoms. The van der Waals surface area contributed by atoms with E-state index < -0.39 is 11.9 Å². The average Bonchev–Trinajstić information content (AvgIpc) is 2.53. The summed E-state index contributed by atoms with van der Waals surface area (Å²) < 4.78 is 5.30. The molecule has 1 saturated heterocycles. The SMILES string of the molecule is O=C1COc2cc(C(=O)N3CCCC(C(=O)O)C3)ccc2N1. The van der Waals surface area contributed by atoms with Gasteiger partial charge in [-0.1, -0.05) is 0 Å². The van der Waals surface area contributed by atoms with E-state index in [0.717, 1.165) is 0 Å². The van der Waals surface area contributed by atoms with E-state index in [1.54, 1.807) is 23.1 Å². The normalized spacial score (nSPS) is 20.6. The fourth-order valence-electron chi connectivity index (χ4n) is 2.75. The number of nitrogens with one attached hydrogen (secondary N) is 1. The van der Waals surface area contributed by atoms with Crippen LogP contribution < -0.4 is 10.1 Å². The first kappa shape index (κ1) is 14.4. The second-order valence-corrected chi connectivity index (χ2v) is 5.48. The monoisotopic (exact) mass is 304 g/mol. The number of fused-ring (bicyclic) bond motifs is 1. The predicted octanol–water partition coefficient (Wildman–Crippen LogP) is 0.954. The number of carboxylic acid groups (broad SMARTS) is 1. The van der Waals surface area contributed by atoms with E-state index in [0.29, 0.717) is 36.4 Å². The highest BCUT2D eigenvalue weighted by atomic mass is 16.5. The van der Waals surface area contributed by atoms with Crippen molar-refractivity contribution in [2.45, 2.75) is 12.8 Å². The number of hydrogen-bond donors (Lipinski definition) is 2. The zero-order chi connectivity index (χ0) is 15.7. The lowest BCUT2D eigenvalue weighted by atomic mass is 9.97. The van der Waals surface area contributed by atoms with Gasteiger partial charge in [-0.3, -0.25) is 14.4 Å². The summed E-state index contributed by atoms with van der Waals surface area (Å²) in [6, 6.07) is 4.82. The molecule has 0 spiro atoms. The first-order chi connectivity index (χ1) is 10.5. The summed E-state index contributed by atoms with van der Waals surface area (Å²) in [6.45, 7) is 0.704. The highest BCUT2D eigenvalue weighted by Gasteiger charge is 2.29. The molecule has 0 aromatic heterocycles. The summed E-state index contributed by atoms with van der Waals surface area (Å²) in [6.07, 6.45) is 1.28. The van der Waals surface area contributed by atoms with Gasteiger partial charge in [0.25, 0.3) is 11.8 Å². The molecule has 1 aromatic carbocycles. The standard InChI is InChI=1S/C15H16N2O5/c18-13-8-22-12-6-9(3-4-11(12)16-13)14(19)17-5-1-2-10(7-17)15(20)21/h3-4,6,10H,1-2,5,7-8H2,(H,16,18)(H,20,21). The Morgan fingerprint density at radius 2 is 2.18 bits per heavy atom. The summed E-state index contributed by atoms with van der Waals surface area (Å²) in [4.78, 5) is 36.4. The van der Waals surface area contributed by atoms with Crippen molar-refractivity contribution in [2.24, 2.45) is 5.92 Å². The molecule has 7 heteroatoms. The predicted molar refractivity (Wildman–Crippen MR) is 76.8 cm³/mol. The minimum Gasteiger partial charge on any atom is -0.482 e. The van der Waals surface area contributed by atoms with E-state index in [1.165, 1.54) is 0 Å². The van der Waals surface area contributed by atoms with Crippen molar-refractivity contribution >= 4 is 23.5 Å². The second-order valence-electron chi connectivity index (χ2n) is 5.48.